The summed E-state index contributed by atoms with van der Waals surface area (Å²) < 4.78 is 84.2. The number of sulfonamides is 1. The van der Waals surface area contributed by atoms with Crippen molar-refractivity contribution in [1.29, 1.82) is 0 Å². The van der Waals surface area contributed by atoms with Crippen LogP contribution >= 0.6 is 0 Å². The fraction of sp³-hybridized carbons (Fsp3) is 0.562. The lowest BCUT2D eigenvalue weighted by atomic mass is 9.87. The molecule has 0 spiro atoms. The van der Waals surface area contributed by atoms with Gasteiger partial charge in [0.2, 0.25) is 10.0 Å². The molecule has 27 heavy (non-hydrogen) atoms. The minimum absolute atomic E-state index is 0.0464. The van der Waals surface area contributed by atoms with E-state index in [0.29, 0.717) is 0 Å². The first kappa shape index (κ1) is 21.4. The van der Waals surface area contributed by atoms with Crippen LogP contribution in [0.15, 0.2) is 17.0 Å². The molecule has 1 amide bonds. The molecule has 0 radical (unpaired) electrons. The van der Waals surface area contributed by atoms with Gasteiger partial charge in [0, 0.05) is 14.1 Å². The highest BCUT2D eigenvalue weighted by atomic mass is 32.2. The van der Waals surface area contributed by atoms with Crippen molar-refractivity contribution in [2.45, 2.75) is 42.9 Å². The van der Waals surface area contributed by atoms with Crippen LogP contribution in [0.5, 0.6) is 5.75 Å². The van der Waals surface area contributed by atoms with Gasteiger partial charge < -0.3 is 10.5 Å². The molecule has 0 aliphatic heterocycles. The van der Waals surface area contributed by atoms with Crippen LogP contribution in [0.4, 0.5) is 17.6 Å². The van der Waals surface area contributed by atoms with Gasteiger partial charge in [-0.25, -0.2) is 17.1 Å². The van der Waals surface area contributed by atoms with Gasteiger partial charge in [0.15, 0.2) is 10.7 Å². The maximum atomic E-state index is 14.7. The summed E-state index contributed by atoms with van der Waals surface area (Å²) in [5.41, 5.74) is 4.44. The molecule has 2 rings (SSSR count). The monoisotopic (exact) mass is 412 g/mol. The molecule has 1 aromatic rings. The highest BCUT2D eigenvalue weighted by molar-refractivity contribution is 7.89. The highest BCUT2D eigenvalue weighted by Gasteiger charge is 2.42. The molecule has 1 saturated carbocycles. The summed E-state index contributed by atoms with van der Waals surface area (Å²) in [7, 11) is -1.99. The van der Waals surface area contributed by atoms with Gasteiger partial charge in [-0.2, -0.15) is 13.2 Å². The van der Waals surface area contributed by atoms with E-state index >= 15 is 0 Å². The smallest absolute Gasteiger partial charge is 0.391 e. The first-order valence-corrected chi connectivity index (χ1v) is 9.58. The third-order valence-electron chi connectivity index (χ3n) is 4.50. The Morgan fingerprint density at radius 1 is 1.19 bits per heavy atom. The number of hydrogen-bond donors (Lipinski definition) is 1. The van der Waals surface area contributed by atoms with Gasteiger partial charge in [0.25, 0.3) is 5.91 Å². The van der Waals surface area contributed by atoms with E-state index in [0.717, 1.165) is 16.4 Å². The highest BCUT2D eigenvalue weighted by Crippen LogP contribution is 2.39. The average Bonchev–Trinajstić information content (AvgIpc) is 2.53. The first-order chi connectivity index (χ1) is 12.4. The number of halogens is 4. The SMILES string of the molecule is CN(C)S(=O)(=O)c1c(OC2CCC(C(F)(F)F)CC2)ccc(C(N)=O)c1F. The number of amides is 1. The van der Waals surface area contributed by atoms with E-state index in [2.05, 4.69) is 0 Å². The standard InChI is InChI=1S/C16H20F4N2O4S/c1-22(2)27(24,25)14-12(8-7-11(13(14)17)15(21)23)26-10-5-3-9(4-6-10)16(18,19)20/h7-10H,3-6H2,1-2H3,(H2,21,23). The second-order valence-corrected chi connectivity index (χ2v) is 8.63. The number of ether oxygens (including phenoxy) is 1. The van der Waals surface area contributed by atoms with Crippen molar-refractivity contribution in [3.63, 3.8) is 0 Å². The number of carbonyl (C=O) groups excluding carboxylic acids is 1. The molecule has 1 fully saturated rings. The summed E-state index contributed by atoms with van der Waals surface area (Å²) in [4.78, 5) is 10.5. The van der Waals surface area contributed by atoms with Crippen molar-refractivity contribution in [3.8, 4) is 5.75 Å². The third-order valence-corrected chi connectivity index (χ3v) is 6.35. The van der Waals surface area contributed by atoms with E-state index in [-0.39, 0.29) is 31.4 Å². The molecule has 1 aromatic carbocycles. The Morgan fingerprint density at radius 3 is 2.19 bits per heavy atom. The summed E-state index contributed by atoms with van der Waals surface area (Å²) in [5.74, 6) is -4.30. The molecule has 0 bridgehead atoms. The minimum atomic E-state index is -4.33. The van der Waals surface area contributed by atoms with Crippen molar-refractivity contribution in [3.05, 3.63) is 23.5 Å². The lowest BCUT2D eigenvalue weighted by Crippen LogP contribution is -2.32. The van der Waals surface area contributed by atoms with Crippen LogP contribution in [0, 0.1) is 11.7 Å². The van der Waals surface area contributed by atoms with Gasteiger partial charge in [-0.3, -0.25) is 4.79 Å². The van der Waals surface area contributed by atoms with E-state index in [1.165, 1.54) is 14.1 Å². The largest absolute Gasteiger partial charge is 0.489 e. The zero-order valence-electron chi connectivity index (χ0n) is 14.7. The fourth-order valence-corrected chi connectivity index (χ4v) is 4.00. The molecule has 6 nitrogen and oxygen atoms in total. The molecule has 152 valence electrons. The predicted molar refractivity (Wildman–Crippen MR) is 88.2 cm³/mol. The van der Waals surface area contributed by atoms with Gasteiger partial charge in [-0.05, 0) is 37.8 Å². The molecular weight excluding hydrogens is 392 g/mol. The van der Waals surface area contributed by atoms with Crippen molar-refractivity contribution in [2.75, 3.05) is 14.1 Å². The van der Waals surface area contributed by atoms with E-state index in [1.807, 2.05) is 0 Å². The average molecular weight is 412 g/mol. The molecule has 2 N–H and O–H groups in total. The van der Waals surface area contributed by atoms with Gasteiger partial charge in [-0.1, -0.05) is 0 Å². The van der Waals surface area contributed by atoms with Crippen LogP contribution in [0.3, 0.4) is 0 Å². The molecule has 0 unspecified atom stereocenters. The van der Waals surface area contributed by atoms with Crippen molar-refractivity contribution < 1.29 is 35.5 Å². The van der Waals surface area contributed by atoms with E-state index in [9.17, 15) is 30.8 Å². The number of nitrogens with two attached hydrogens (primary N) is 1. The number of carbonyl (C=O) groups is 1. The Labute approximate surface area is 154 Å². The Bertz CT molecular complexity index is 816. The van der Waals surface area contributed by atoms with Gasteiger partial charge in [0.1, 0.15) is 5.75 Å². The van der Waals surface area contributed by atoms with E-state index in [1.54, 1.807) is 0 Å². The summed E-state index contributed by atoms with van der Waals surface area (Å²) in [5, 5.41) is 0. The van der Waals surface area contributed by atoms with Crippen molar-refractivity contribution in [1.82, 2.24) is 4.31 Å². The first-order valence-electron chi connectivity index (χ1n) is 8.14. The van der Waals surface area contributed by atoms with Crippen molar-refractivity contribution >= 4 is 15.9 Å². The fourth-order valence-electron chi connectivity index (χ4n) is 2.93. The maximum absolute atomic E-state index is 14.7. The summed E-state index contributed by atoms with van der Waals surface area (Å²) in [6.07, 6.45) is -5.22. The zero-order chi connectivity index (χ0) is 20.6. The zero-order valence-corrected chi connectivity index (χ0v) is 15.5. The Morgan fingerprint density at radius 2 is 1.74 bits per heavy atom. The molecule has 1 aliphatic carbocycles. The Hall–Kier alpha value is -1.88. The quantitative estimate of drug-likeness (QED) is 0.753. The lowest BCUT2D eigenvalue weighted by molar-refractivity contribution is -0.185. The number of hydrogen-bond acceptors (Lipinski definition) is 4. The van der Waals surface area contributed by atoms with Gasteiger partial charge in [-0.15, -0.1) is 0 Å². The van der Waals surface area contributed by atoms with Crippen LogP contribution in [-0.2, 0) is 10.0 Å². The summed E-state index contributed by atoms with van der Waals surface area (Å²) in [6, 6.07) is 2.08. The van der Waals surface area contributed by atoms with Crippen LogP contribution in [-0.4, -0.2) is 45.0 Å². The number of nitrogens with zero attached hydrogens (tertiary/aromatic N) is 1. The van der Waals surface area contributed by atoms with Crippen LogP contribution in [0.1, 0.15) is 36.0 Å². The number of primary amides is 1. The molecule has 0 heterocycles. The molecule has 11 heteroatoms. The minimum Gasteiger partial charge on any atom is -0.489 e. The molecule has 0 atom stereocenters. The van der Waals surface area contributed by atoms with Crippen LogP contribution in [0.25, 0.3) is 0 Å². The molecule has 0 saturated heterocycles. The lowest BCUT2D eigenvalue weighted by Gasteiger charge is -2.30. The number of alkyl halides is 3. The van der Waals surface area contributed by atoms with E-state index < -0.39 is 50.4 Å². The summed E-state index contributed by atoms with van der Waals surface area (Å²) in [6.45, 7) is 0. The Balaban J connectivity index is 2.35. The second-order valence-electron chi connectivity index (χ2n) is 6.54. The maximum Gasteiger partial charge on any atom is 0.391 e. The number of benzene rings is 1. The summed E-state index contributed by atoms with van der Waals surface area (Å²) >= 11 is 0. The molecule has 0 aromatic heterocycles. The predicted octanol–water partition coefficient (Wildman–Crippen LogP) is 2.67. The Kier molecular flexibility index (Phi) is 6.05. The van der Waals surface area contributed by atoms with Crippen LogP contribution in [0.2, 0.25) is 0 Å². The number of rotatable bonds is 5. The normalized spacial score (nSPS) is 21.3. The van der Waals surface area contributed by atoms with E-state index in [4.69, 9.17) is 10.5 Å². The van der Waals surface area contributed by atoms with Crippen molar-refractivity contribution in [2.24, 2.45) is 11.7 Å². The van der Waals surface area contributed by atoms with Gasteiger partial charge >= 0.3 is 6.18 Å². The molecule has 1 aliphatic rings. The molecular formula is C16H20F4N2O4S. The van der Waals surface area contributed by atoms with Gasteiger partial charge in [0.05, 0.1) is 17.6 Å². The third kappa shape index (κ3) is 4.52. The second kappa shape index (κ2) is 7.63. The topological polar surface area (TPSA) is 89.7 Å². The van der Waals surface area contributed by atoms with Crippen LogP contribution < -0.4 is 10.5 Å².